The normalized spacial score (nSPS) is 6.75. The van der Waals surface area contributed by atoms with Gasteiger partial charge >= 0.3 is 0 Å². The fourth-order valence-electron chi connectivity index (χ4n) is 0. The van der Waals surface area contributed by atoms with Crippen LogP contribution in [0.2, 0.25) is 6.82 Å². The van der Waals surface area contributed by atoms with Crippen LogP contribution < -0.4 is 11.3 Å². The fraction of sp³-hybridized carbons (Fsp3) is 1.00. The number of hydrogen-bond acceptors (Lipinski definition) is 2. The van der Waals surface area contributed by atoms with E-state index >= 15 is 0 Å². The van der Waals surface area contributed by atoms with Crippen LogP contribution in [0.15, 0.2) is 0 Å². The maximum atomic E-state index is 4.89. The van der Waals surface area contributed by atoms with Gasteiger partial charge in [0.2, 0.25) is 0 Å². The summed E-state index contributed by atoms with van der Waals surface area (Å²) < 4.78 is 0. The second-order valence-corrected chi connectivity index (χ2v) is 0.859. The molecule has 0 atom stereocenters. The van der Waals surface area contributed by atoms with Crippen LogP contribution in [0.25, 0.3) is 0 Å². The van der Waals surface area contributed by atoms with E-state index in [0.29, 0.717) is 0 Å². The van der Waals surface area contributed by atoms with Gasteiger partial charge in [-0.1, -0.05) is 6.82 Å². The monoisotopic (exact) mass is 58.1 g/mol. The quantitative estimate of drug-likeness (QED) is 0.352. The first kappa shape index (κ1) is 3.98. The molecule has 0 aromatic carbocycles. The Labute approximate surface area is 26.3 Å². The standard InChI is InChI=1S/CH7BN2/c1-2(3)4/h3-4H2,1H3. The second kappa shape index (κ2) is 1.32. The van der Waals surface area contributed by atoms with Crippen molar-refractivity contribution in [2.45, 2.75) is 6.82 Å². The van der Waals surface area contributed by atoms with Gasteiger partial charge in [0, 0.05) is 0 Å². The SMILES string of the molecule is CB(N)N. The Kier molecular flexibility index (Phi) is 1.31. The molecule has 4 N–H and O–H groups in total. The maximum Gasteiger partial charge on any atom is 0.296 e. The third-order valence-electron chi connectivity index (χ3n) is 0. The molecule has 0 amide bonds. The van der Waals surface area contributed by atoms with Crippen molar-refractivity contribution in [1.82, 2.24) is 0 Å². The van der Waals surface area contributed by atoms with Gasteiger partial charge in [-0.15, -0.1) is 0 Å². The molecular formula is CH7BN2. The van der Waals surface area contributed by atoms with E-state index in [1.165, 1.54) is 0 Å². The summed E-state index contributed by atoms with van der Waals surface area (Å²) >= 11 is 0. The Morgan fingerprint density at radius 2 is 1.50 bits per heavy atom. The van der Waals surface area contributed by atoms with Gasteiger partial charge in [-0.2, -0.15) is 0 Å². The van der Waals surface area contributed by atoms with Crippen LogP contribution in [-0.2, 0) is 0 Å². The van der Waals surface area contributed by atoms with Gasteiger partial charge in [-0.05, 0) is 0 Å². The summed E-state index contributed by atoms with van der Waals surface area (Å²) in [4.78, 5) is 0. The molecule has 0 aliphatic heterocycles. The van der Waals surface area contributed by atoms with Gasteiger partial charge in [0.1, 0.15) is 0 Å². The Bertz CT molecular complexity index is 10.8. The van der Waals surface area contributed by atoms with Crippen molar-refractivity contribution < 1.29 is 0 Å². The van der Waals surface area contributed by atoms with Crippen molar-refractivity contribution in [2.75, 3.05) is 0 Å². The summed E-state index contributed by atoms with van der Waals surface area (Å²) in [5, 5.41) is 0. The third-order valence-corrected chi connectivity index (χ3v) is 0. The van der Waals surface area contributed by atoms with Crippen molar-refractivity contribution in [3.63, 3.8) is 0 Å². The first-order valence-corrected chi connectivity index (χ1v) is 1.24. The highest BCUT2D eigenvalue weighted by atomic mass is 14.6. The molecule has 2 nitrogen and oxygen atoms in total. The molecule has 0 saturated carbocycles. The summed E-state index contributed by atoms with van der Waals surface area (Å²) in [7, 11) is 0. The Hall–Kier alpha value is -0.0151. The predicted molar refractivity (Wildman–Crippen MR) is 20.0 cm³/mol. The molecule has 0 unspecified atom stereocenters. The highest BCUT2D eigenvalue weighted by Gasteiger charge is 1.78. The van der Waals surface area contributed by atoms with E-state index in [1.807, 2.05) is 0 Å². The lowest BCUT2D eigenvalue weighted by Crippen LogP contribution is -2.32. The average molecular weight is 57.9 g/mol. The maximum absolute atomic E-state index is 4.89. The minimum atomic E-state index is -0.167. The van der Waals surface area contributed by atoms with Gasteiger partial charge in [0.05, 0.1) is 0 Å². The minimum absolute atomic E-state index is 0.167. The van der Waals surface area contributed by atoms with Crippen molar-refractivity contribution in [3.05, 3.63) is 0 Å². The molecule has 0 rings (SSSR count). The fourth-order valence-corrected chi connectivity index (χ4v) is 0. The van der Waals surface area contributed by atoms with Crippen LogP contribution >= 0.6 is 0 Å². The largest absolute Gasteiger partial charge is 0.356 e. The molecule has 0 aromatic heterocycles. The molecule has 0 spiro atoms. The lowest BCUT2D eigenvalue weighted by Gasteiger charge is -1.74. The first-order chi connectivity index (χ1) is 1.73. The molecule has 24 valence electrons. The van der Waals surface area contributed by atoms with Crippen LogP contribution in [-0.4, -0.2) is 6.98 Å². The van der Waals surface area contributed by atoms with E-state index in [-0.39, 0.29) is 6.98 Å². The number of nitrogens with two attached hydrogens (primary N) is 2. The lowest BCUT2D eigenvalue weighted by molar-refractivity contribution is 1.63. The molecule has 0 saturated heterocycles. The van der Waals surface area contributed by atoms with Crippen LogP contribution in [0.3, 0.4) is 0 Å². The van der Waals surface area contributed by atoms with E-state index in [1.54, 1.807) is 6.82 Å². The summed E-state index contributed by atoms with van der Waals surface area (Å²) in [6.07, 6.45) is 0. The predicted octanol–water partition coefficient (Wildman–Crippen LogP) is -0.978. The van der Waals surface area contributed by atoms with Crippen molar-refractivity contribution in [2.24, 2.45) is 11.3 Å². The van der Waals surface area contributed by atoms with Crippen molar-refractivity contribution >= 4 is 6.98 Å². The molecule has 0 bridgehead atoms. The zero-order valence-electron chi connectivity index (χ0n) is 2.73. The molecule has 0 aromatic rings. The Morgan fingerprint density at radius 3 is 1.50 bits per heavy atom. The lowest BCUT2D eigenvalue weighted by atomic mass is 9.86. The highest BCUT2D eigenvalue weighted by Crippen LogP contribution is 1.35. The summed E-state index contributed by atoms with van der Waals surface area (Å²) in [6, 6.07) is 0. The molecule has 0 aliphatic rings. The van der Waals surface area contributed by atoms with Crippen LogP contribution in [0, 0.1) is 0 Å². The van der Waals surface area contributed by atoms with Crippen molar-refractivity contribution in [1.29, 1.82) is 0 Å². The molecule has 0 heterocycles. The first-order valence-electron chi connectivity index (χ1n) is 1.24. The van der Waals surface area contributed by atoms with E-state index in [0.717, 1.165) is 0 Å². The third kappa shape index (κ3) is 8480. The Balaban J connectivity index is 2.32. The van der Waals surface area contributed by atoms with Crippen LogP contribution in [0.1, 0.15) is 0 Å². The van der Waals surface area contributed by atoms with E-state index in [2.05, 4.69) is 0 Å². The van der Waals surface area contributed by atoms with Gasteiger partial charge in [0.25, 0.3) is 6.98 Å². The second-order valence-electron chi connectivity index (χ2n) is 0.859. The van der Waals surface area contributed by atoms with E-state index in [9.17, 15) is 0 Å². The van der Waals surface area contributed by atoms with Crippen molar-refractivity contribution in [3.8, 4) is 0 Å². The topological polar surface area (TPSA) is 52.0 Å². The number of rotatable bonds is 0. The van der Waals surface area contributed by atoms with E-state index in [4.69, 9.17) is 11.3 Å². The van der Waals surface area contributed by atoms with Gasteiger partial charge in [-0.3, -0.25) is 0 Å². The van der Waals surface area contributed by atoms with E-state index < -0.39 is 0 Å². The Morgan fingerprint density at radius 1 is 1.50 bits per heavy atom. The zero-order valence-corrected chi connectivity index (χ0v) is 2.73. The van der Waals surface area contributed by atoms with Crippen LogP contribution in [0.5, 0.6) is 0 Å². The van der Waals surface area contributed by atoms with Gasteiger partial charge in [0.15, 0.2) is 0 Å². The average Bonchev–Trinajstić information content (AvgIpc) is 0.811. The van der Waals surface area contributed by atoms with Crippen LogP contribution in [0.4, 0.5) is 0 Å². The smallest absolute Gasteiger partial charge is 0.296 e. The summed E-state index contributed by atoms with van der Waals surface area (Å²) in [5.41, 5.74) is 9.78. The van der Waals surface area contributed by atoms with Gasteiger partial charge < -0.3 is 11.3 Å². The highest BCUT2D eigenvalue weighted by molar-refractivity contribution is 6.49. The van der Waals surface area contributed by atoms with Gasteiger partial charge in [-0.25, -0.2) is 0 Å². The summed E-state index contributed by atoms with van der Waals surface area (Å²) in [5.74, 6) is 0. The molecule has 0 radical (unpaired) electrons. The molecule has 4 heavy (non-hydrogen) atoms. The summed E-state index contributed by atoms with van der Waals surface area (Å²) in [6.45, 7) is 1.56. The molecule has 3 heteroatoms. The molecule has 0 fully saturated rings. The number of hydrogen-bond donors (Lipinski definition) is 2. The minimum Gasteiger partial charge on any atom is -0.356 e. The molecule has 0 aliphatic carbocycles. The molecular weight excluding hydrogens is 50.8 g/mol. The zero-order chi connectivity index (χ0) is 3.58.